The Morgan fingerprint density at radius 2 is 2.25 bits per heavy atom. The predicted molar refractivity (Wildman–Crippen MR) is 41.3 cm³/mol. The first kappa shape index (κ1) is 8.39. The predicted octanol–water partition coefficient (Wildman–Crippen LogP) is 0.901. The van der Waals surface area contributed by atoms with E-state index in [4.69, 9.17) is 5.11 Å². The number of rotatable bonds is 2. The van der Waals surface area contributed by atoms with Crippen molar-refractivity contribution >= 4 is 12.3 Å². The Kier molecular flexibility index (Phi) is 2.19. The van der Waals surface area contributed by atoms with Gasteiger partial charge in [0.1, 0.15) is 11.4 Å². The fourth-order valence-corrected chi connectivity index (χ4v) is 0.864. The van der Waals surface area contributed by atoms with Gasteiger partial charge in [-0.15, -0.1) is 0 Å². The standard InChI is InChI=1S/C8H7NO3/c1-5-2-6(4-10)9-7(3-5)8(11)12/h2-4H,1H3,(H,11,12). The number of hydrogen-bond donors (Lipinski definition) is 1. The maximum absolute atomic E-state index is 10.4. The number of pyridine rings is 1. The summed E-state index contributed by atoms with van der Waals surface area (Å²) in [7, 11) is 0. The molecule has 0 aromatic carbocycles. The van der Waals surface area contributed by atoms with Crippen molar-refractivity contribution in [3.05, 3.63) is 29.1 Å². The smallest absolute Gasteiger partial charge is 0.354 e. The first-order valence-electron chi connectivity index (χ1n) is 3.30. The van der Waals surface area contributed by atoms with Crippen LogP contribution in [0.25, 0.3) is 0 Å². The molecule has 0 spiro atoms. The third-order valence-electron chi connectivity index (χ3n) is 1.33. The molecule has 62 valence electrons. The molecule has 0 bridgehead atoms. The Balaban J connectivity index is 3.23. The van der Waals surface area contributed by atoms with Gasteiger partial charge in [0.2, 0.25) is 0 Å². The number of hydrogen-bond acceptors (Lipinski definition) is 3. The van der Waals surface area contributed by atoms with Crippen molar-refractivity contribution in [3.8, 4) is 0 Å². The van der Waals surface area contributed by atoms with Crippen molar-refractivity contribution < 1.29 is 14.7 Å². The number of aryl methyl sites for hydroxylation is 1. The van der Waals surface area contributed by atoms with Gasteiger partial charge in [-0.1, -0.05) is 0 Å². The quantitative estimate of drug-likeness (QED) is 0.661. The Morgan fingerprint density at radius 1 is 1.58 bits per heavy atom. The SMILES string of the molecule is Cc1cc(C=O)nc(C(=O)O)c1. The molecule has 4 heteroatoms. The molecule has 1 aromatic rings. The van der Waals surface area contributed by atoms with E-state index in [0.29, 0.717) is 11.8 Å². The highest BCUT2D eigenvalue weighted by Gasteiger charge is 2.05. The summed E-state index contributed by atoms with van der Waals surface area (Å²) < 4.78 is 0. The van der Waals surface area contributed by atoms with Crippen LogP contribution in [0.2, 0.25) is 0 Å². The molecule has 4 nitrogen and oxygen atoms in total. The van der Waals surface area contributed by atoms with Gasteiger partial charge < -0.3 is 5.11 Å². The molecule has 1 heterocycles. The number of aldehydes is 1. The molecule has 0 fully saturated rings. The zero-order chi connectivity index (χ0) is 9.14. The summed E-state index contributed by atoms with van der Waals surface area (Å²) >= 11 is 0. The van der Waals surface area contributed by atoms with Gasteiger partial charge in [0.15, 0.2) is 6.29 Å². The Bertz CT molecular complexity index is 333. The van der Waals surface area contributed by atoms with Crippen LogP contribution < -0.4 is 0 Å². The van der Waals surface area contributed by atoms with Gasteiger partial charge in [0, 0.05) is 0 Å². The first-order chi connectivity index (χ1) is 5.63. The molecule has 1 aromatic heterocycles. The summed E-state index contributed by atoms with van der Waals surface area (Å²) in [5, 5.41) is 8.55. The van der Waals surface area contributed by atoms with Crippen molar-refractivity contribution in [2.45, 2.75) is 6.92 Å². The minimum atomic E-state index is -1.12. The van der Waals surface area contributed by atoms with Crippen molar-refractivity contribution in [1.29, 1.82) is 0 Å². The molecular formula is C8H7NO3. The van der Waals surface area contributed by atoms with Crippen molar-refractivity contribution in [1.82, 2.24) is 4.98 Å². The molecule has 12 heavy (non-hydrogen) atoms. The van der Waals surface area contributed by atoms with Crippen LogP contribution in [-0.2, 0) is 0 Å². The highest BCUT2D eigenvalue weighted by atomic mass is 16.4. The molecular weight excluding hydrogens is 158 g/mol. The summed E-state index contributed by atoms with van der Waals surface area (Å²) in [5.74, 6) is -1.12. The Morgan fingerprint density at radius 3 is 2.75 bits per heavy atom. The van der Waals surface area contributed by atoms with Crippen LogP contribution in [-0.4, -0.2) is 22.3 Å². The van der Waals surface area contributed by atoms with Crippen LogP contribution in [0.5, 0.6) is 0 Å². The molecule has 0 radical (unpaired) electrons. The van der Waals surface area contributed by atoms with E-state index in [2.05, 4.69) is 4.98 Å². The fourth-order valence-electron chi connectivity index (χ4n) is 0.864. The maximum Gasteiger partial charge on any atom is 0.354 e. The molecule has 1 N–H and O–H groups in total. The Hall–Kier alpha value is -1.71. The number of nitrogens with zero attached hydrogens (tertiary/aromatic N) is 1. The second-order valence-corrected chi connectivity index (χ2v) is 2.38. The minimum absolute atomic E-state index is 0.0999. The monoisotopic (exact) mass is 165 g/mol. The minimum Gasteiger partial charge on any atom is -0.477 e. The van der Waals surface area contributed by atoms with Crippen LogP contribution in [0.15, 0.2) is 12.1 Å². The molecule has 0 amide bonds. The van der Waals surface area contributed by atoms with E-state index in [1.54, 1.807) is 6.92 Å². The number of carbonyl (C=O) groups excluding carboxylic acids is 1. The molecule has 1 rings (SSSR count). The van der Waals surface area contributed by atoms with Gasteiger partial charge in [-0.2, -0.15) is 0 Å². The lowest BCUT2D eigenvalue weighted by molar-refractivity contribution is 0.0690. The van der Waals surface area contributed by atoms with Gasteiger partial charge in [0.05, 0.1) is 0 Å². The largest absolute Gasteiger partial charge is 0.477 e. The average Bonchev–Trinajstić information content (AvgIpc) is 2.03. The van der Waals surface area contributed by atoms with Crippen molar-refractivity contribution in [2.24, 2.45) is 0 Å². The topological polar surface area (TPSA) is 67.3 Å². The molecule has 0 saturated carbocycles. The molecule has 0 atom stereocenters. The summed E-state index contributed by atoms with van der Waals surface area (Å²) in [4.78, 5) is 24.3. The van der Waals surface area contributed by atoms with E-state index in [1.807, 2.05) is 0 Å². The normalized spacial score (nSPS) is 9.42. The van der Waals surface area contributed by atoms with Crippen LogP contribution in [0.1, 0.15) is 26.5 Å². The van der Waals surface area contributed by atoms with Crippen molar-refractivity contribution in [2.75, 3.05) is 0 Å². The molecule has 0 unspecified atom stereocenters. The zero-order valence-electron chi connectivity index (χ0n) is 6.44. The lowest BCUT2D eigenvalue weighted by Gasteiger charge is -1.96. The third-order valence-corrected chi connectivity index (χ3v) is 1.33. The average molecular weight is 165 g/mol. The van der Waals surface area contributed by atoms with E-state index in [-0.39, 0.29) is 11.4 Å². The third kappa shape index (κ3) is 1.66. The number of carboxylic acid groups (broad SMARTS) is 1. The van der Waals surface area contributed by atoms with Gasteiger partial charge in [-0.3, -0.25) is 4.79 Å². The maximum atomic E-state index is 10.4. The van der Waals surface area contributed by atoms with Gasteiger partial charge in [-0.05, 0) is 24.6 Å². The fraction of sp³-hybridized carbons (Fsp3) is 0.125. The van der Waals surface area contributed by atoms with E-state index in [9.17, 15) is 9.59 Å². The summed E-state index contributed by atoms with van der Waals surface area (Å²) in [6, 6.07) is 2.94. The second kappa shape index (κ2) is 3.13. The van der Waals surface area contributed by atoms with E-state index >= 15 is 0 Å². The lowest BCUT2D eigenvalue weighted by Crippen LogP contribution is -2.03. The summed E-state index contributed by atoms with van der Waals surface area (Å²) in [6.45, 7) is 1.71. The molecule has 0 aliphatic rings. The number of carboxylic acids is 1. The highest BCUT2D eigenvalue weighted by molar-refractivity contribution is 5.86. The molecule has 0 aliphatic heterocycles. The highest BCUT2D eigenvalue weighted by Crippen LogP contribution is 2.03. The zero-order valence-corrected chi connectivity index (χ0v) is 6.44. The van der Waals surface area contributed by atoms with E-state index in [1.165, 1.54) is 12.1 Å². The van der Waals surface area contributed by atoms with Gasteiger partial charge >= 0.3 is 5.97 Å². The second-order valence-electron chi connectivity index (χ2n) is 2.38. The molecule has 0 saturated heterocycles. The van der Waals surface area contributed by atoms with Crippen molar-refractivity contribution in [3.63, 3.8) is 0 Å². The van der Waals surface area contributed by atoms with Gasteiger partial charge in [0.25, 0.3) is 0 Å². The lowest BCUT2D eigenvalue weighted by atomic mass is 10.2. The first-order valence-corrected chi connectivity index (χ1v) is 3.30. The van der Waals surface area contributed by atoms with Gasteiger partial charge in [-0.25, -0.2) is 9.78 Å². The van der Waals surface area contributed by atoms with Crippen LogP contribution >= 0.6 is 0 Å². The van der Waals surface area contributed by atoms with E-state index < -0.39 is 5.97 Å². The van der Waals surface area contributed by atoms with E-state index in [0.717, 1.165) is 0 Å². The summed E-state index contributed by atoms with van der Waals surface area (Å²) in [6.07, 6.45) is 0.527. The van der Waals surface area contributed by atoms with Crippen LogP contribution in [0.3, 0.4) is 0 Å². The summed E-state index contributed by atoms with van der Waals surface area (Å²) in [5.41, 5.74) is 0.758. The number of carbonyl (C=O) groups is 2. The Labute approximate surface area is 68.9 Å². The molecule has 0 aliphatic carbocycles. The van der Waals surface area contributed by atoms with Crippen LogP contribution in [0, 0.1) is 6.92 Å². The number of aromatic nitrogens is 1. The van der Waals surface area contributed by atoms with Crippen LogP contribution in [0.4, 0.5) is 0 Å². The number of aromatic carboxylic acids is 1.